The van der Waals surface area contributed by atoms with Crippen molar-refractivity contribution in [2.45, 2.75) is 31.1 Å². The molecule has 0 fully saturated rings. The lowest BCUT2D eigenvalue weighted by atomic mass is 10.2. The van der Waals surface area contributed by atoms with Crippen molar-refractivity contribution in [3.05, 3.63) is 59.9 Å². The molecule has 21 heavy (non-hydrogen) atoms. The fourth-order valence-corrected chi connectivity index (χ4v) is 3.08. The molecule has 2 aromatic rings. The SMILES string of the molecule is CCc1ccc(S(=O)(=O)NCCCc2ccccn2)cc1. The molecule has 0 amide bonds. The summed E-state index contributed by atoms with van der Waals surface area (Å²) in [5.74, 6) is 0. The average Bonchev–Trinajstić information content (AvgIpc) is 2.53. The standard InChI is InChI=1S/C16H20N2O2S/c1-2-14-8-10-16(11-9-14)21(19,20)18-13-5-7-15-6-3-4-12-17-15/h3-4,6,8-12,18H,2,5,7,13H2,1H3. The van der Waals surface area contributed by atoms with Crippen molar-refractivity contribution in [1.82, 2.24) is 9.71 Å². The summed E-state index contributed by atoms with van der Waals surface area (Å²) in [6.45, 7) is 2.45. The van der Waals surface area contributed by atoms with Crippen molar-refractivity contribution >= 4 is 10.0 Å². The fraction of sp³-hybridized carbons (Fsp3) is 0.312. The lowest BCUT2D eigenvalue weighted by Crippen LogP contribution is -2.25. The Labute approximate surface area is 126 Å². The van der Waals surface area contributed by atoms with Gasteiger partial charge < -0.3 is 0 Å². The summed E-state index contributed by atoms with van der Waals surface area (Å²) in [6.07, 6.45) is 4.13. The molecule has 0 saturated heterocycles. The monoisotopic (exact) mass is 304 g/mol. The van der Waals surface area contributed by atoms with Gasteiger partial charge in [-0.25, -0.2) is 13.1 Å². The summed E-state index contributed by atoms with van der Waals surface area (Å²) >= 11 is 0. The highest BCUT2D eigenvalue weighted by atomic mass is 32.2. The summed E-state index contributed by atoms with van der Waals surface area (Å²) in [5.41, 5.74) is 2.10. The first kappa shape index (κ1) is 15.7. The molecule has 0 aliphatic heterocycles. The number of nitrogens with zero attached hydrogens (tertiary/aromatic N) is 1. The van der Waals surface area contributed by atoms with Crippen LogP contribution < -0.4 is 4.72 Å². The lowest BCUT2D eigenvalue weighted by Gasteiger charge is -2.07. The van der Waals surface area contributed by atoms with E-state index in [0.29, 0.717) is 11.4 Å². The van der Waals surface area contributed by atoms with Crippen LogP contribution in [0.25, 0.3) is 0 Å². The number of sulfonamides is 1. The minimum atomic E-state index is -3.41. The Morgan fingerprint density at radius 2 is 1.86 bits per heavy atom. The Hall–Kier alpha value is -1.72. The number of hydrogen-bond donors (Lipinski definition) is 1. The Balaban J connectivity index is 1.86. The molecule has 4 nitrogen and oxygen atoms in total. The van der Waals surface area contributed by atoms with Gasteiger partial charge in [-0.05, 0) is 49.1 Å². The van der Waals surface area contributed by atoms with E-state index < -0.39 is 10.0 Å². The second-order valence-corrected chi connectivity index (χ2v) is 6.59. The molecule has 1 aromatic carbocycles. The third-order valence-electron chi connectivity index (χ3n) is 3.27. The van der Waals surface area contributed by atoms with Gasteiger partial charge in [-0.15, -0.1) is 0 Å². The first-order chi connectivity index (χ1) is 10.1. The molecule has 112 valence electrons. The maximum Gasteiger partial charge on any atom is 0.240 e. The molecule has 2 rings (SSSR count). The first-order valence-corrected chi connectivity index (χ1v) is 8.58. The molecule has 0 aliphatic rings. The zero-order valence-electron chi connectivity index (χ0n) is 12.1. The van der Waals surface area contributed by atoms with E-state index in [4.69, 9.17) is 0 Å². The van der Waals surface area contributed by atoms with Crippen LogP contribution in [0.3, 0.4) is 0 Å². The van der Waals surface area contributed by atoms with E-state index in [9.17, 15) is 8.42 Å². The van der Waals surface area contributed by atoms with Gasteiger partial charge >= 0.3 is 0 Å². The van der Waals surface area contributed by atoms with Gasteiger partial charge in [-0.3, -0.25) is 4.98 Å². The molecule has 0 saturated carbocycles. The molecule has 0 radical (unpaired) electrons. The predicted octanol–water partition coefficient (Wildman–Crippen LogP) is 2.56. The van der Waals surface area contributed by atoms with Gasteiger partial charge in [0, 0.05) is 18.4 Å². The number of aryl methyl sites for hydroxylation is 2. The van der Waals surface area contributed by atoms with Crippen LogP contribution >= 0.6 is 0 Å². The van der Waals surface area contributed by atoms with Gasteiger partial charge in [-0.1, -0.05) is 25.1 Å². The van der Waals surface area contributed by atoms with Crippen LogP contribution in [0.1, 0.15) is 24.6 Å². The largest absolute Gasteiger partial charge is 0.261 e. The normalized spacial score (nSPS) is 11.5. The number of aromatic nitrogens is 1. The van der Waals surface area contributed by atoms with E-state index in [1.807, 2.05) is 37.3 Å². The van der Waals surface area contributed by atoms with E-state index in [1.165, 1.54) is 0 Å². The van der Waals surface area contributed by atoms with Crippen molar-refractivity contribution in [3.63, 3.8) is 0 Å². The Morgan fingerprint density at radius 3 is 2.48 bits per heavy atom. The fourth-order valence-electron chi connectivity index (χ4n) is 2.01. The van der Waals surface area contributed by atoms with E-state index in [1.54, 1.807) is 18.3 Å². The van der Waals surface area contributed by atoms with Crippen LogP contribution in [-0.2, 0) is 22.9 Å². The minimum Gasteiger partial charge on any atom is -0.261 e. The van der Waals surface area contributed by atoms with Crippen LogP contribution in [-0.4, -0.2) is 19.9 Å². The smallest absolute Gasteiger partial charge is 0.240 e. The molecular formula is C16H20N2O2S. The molecule has 0 aliphatic carbocycles. The van der Waals surface area contributed by atoms with Gasteiger partial charge in [0.05, 0.1) is 4.90 Å². The van der Waals surface area contributed by atoms with Crippen molar-refractivity contribution in [2.75, 3.05) is 6.54 Å². The zero-order chi connectivity index (χ0) is 15.1. The van der Waals surface area contributed by atoms with Crippen LogP contribution in [0.2, 0.25) is 0 Å². The molecule has 5 heteroatoms. The van der Waals surface area contributed by atoms with E-state index >= 15 is 0 Å². The topological polar surface area (TPSA) is 59.1 Å². The molecule has 0 unspecified atom stereocenters. The first-order valence-electron chi connectivity index (χ1n) is 7.10. The van der Waals surface area contributed by atoms with Crippen LogP contribution in [0.5, 0.6) is 0 Å². The number of hydrogen-bond acceptors (Lipinski definition) is 3. The van der Waals surface area contributed by atoms with Gasteiger partial charge in [-0.2, -0.15) is 0 Å². The van der Waals surface area contributed by atoms with Gasteiger partial charge in [0.15, 0.2) is 0 Å². The molecule has 0 atom stereocenters. The summed E-state index contributed by atoms with van der Waals surface area (Å²) in [5, 5.41) is 0. The van der Waals surface area contributed by atoms with E-state index in [2.05, 4.69) is 9.71 Å². The Kier molecular flexibility index (Phi) is 5.47. The maximum atomic E-state index is 12.1. The third-order valence-corrected chi connectivity index (χ3v) is 4.75. The summed E-state index contributed by atoms with van der Waals surface area (Å²) < 4.78 is 26.9. The Morgan fingerprint density at radius 1 is 1.10 bits per heavy atom. The van der Waals surface area contributed by atoms with Gasteiger partial charge in [0.1, 0.15) is 0 Å². The van der Waals surface area contributed by atoms with Crippen molar-refractivity contribution in [2.24, 2.45) is 0 Å². The highest BCUT2D eigenvalue weighted by molar-refractivity contribution is 7.89. The third kappa shape index (κ3) is 4.65. The van der Waals surface area contributed by atoms with Crippen LogP contribution in [0, 0.1) is 0 Å². The summed E-state index contributed by atoms with van der Waals surface area (Å²) in [7, 11) is -3.41. The highest BCUT2D eigenvalue weighted by Crippen LogP contribution is 2.11. The highest BCUT2D eigenvalue weighted by Gasteiger charge is 2.12. The maximum absolute atomic E-state index is 12.1. The summed E-state index contributed by atoms with van der Waals surface area (Å²) in [6, 6.07) is 12.7. The van der Waals surface area contributed by atoms with Crippen molar-refractivity contribution < 1.29 is 8.42 Å². The number of benzene rings is 1. The van der Waals surface area contributed by atoms with Crippen LogP contribution in [0.15, 0.2) is 53.6 Å². The minimum absolute atomic E-state index is 0.317. The van der Waals surface area contributed by atoms with E-state index in [0.717, 1.165) is 30.5 Å². The van der Waals surface area contributed by atoms with Crippen molar-refractivity contribution in [1.29, 1.82) is 0 Å². The second-order valence-electron chi connectivity index (χ2n) is 4.82. The molecule has 1 aromatic heterocycles. The Bertz CT molecular complexity index is 652. The predicted molar refractivity (Wildman–Crippen MR) is 83.6 cm³/mol. The molecule has 0 bridgehead atoms. The number of pyridine rings is 1. The second kappa shape index (κ2) is 7.33. The summed E-state index contributed by atoms with van der Waals surface area (Å²) in [4.78, 5) is 4.53. The quantitative estimate of drug-likeness (QED) is 0.800. The molecule has 1 N–H and O–H groups in total. The molecule has 1 heterocycles. The van der Waals surface area contributed by atoms with Gasteiger partial charge in [0.25, 0.3) is 0 Å². The van der Waals surface area contributed by atoms with Crippen molar-refractivity contribution in [3.8, 4) is 0 Å². The van der Waals surface area contributed by atoms with E-state index in [-0.39, 0.29) is 0 Å². The van der Waals surface area contributed by atoms with Crippen LogP contribution in [0.4, 0.5) is 0 Å². The van der Waals surface area contributed by atoms with Gasteiger partial charge in [0.2, 0.25) is 10.0 Å². The number of rotatable bonds is 7. The molecular weight excluding hydrogens is 284 g/mol. The lowest BCUT2D eigenvalue weighted by molar-refractivity contribution is 0.578. The average molecular weight is 304 g/mol. The molecule has 0 spiro atoms. The zero-order valence-corrected chi connectivity index (χ0v) is 12.9. The number of nitrogens with one attached hydrogen (secondary N) is 1.